The van der Waals surface area contributed by atoms with Crippen LogP contribution >= 0.6 is 11.8 Å². The summed E-state index contributed by atoms with van der Waals surface area (Å²) in [6.07, 6.45) is 1.82. The van der Waals surface area contributed by atoms with Crippen molar-refractivity contribution in [3.05, 3.63) is 39.7 Å². The monoisotopic (exact) mass is 201 g/mol. The molecular formula is C8H8FNO2S. The predicted octanol–water partition coefficient (Wildman–Crippen LogP) is 2.60. The molecule has 70 valence electrons. The highest BCUT2D eigenvalue weighted by Crippen LogP contribution is 2.19. The Morgan fingerprint density at radius 1 is 1.62 bits per heavy atom. The molecule has 0 bridgehead atoms. The topological polar surface area (TPSA) is 43.1 Å². The number of nitrogens with zero attached hydrogens (tertiary/aromatic N) is 1. The lowest BCUT2D eigenvalue weighted by Gasteiger charge is -1.99. The van der Waals surface area contributed by atoms with Gasteiger partial charge in [-0.15, -0.1) is 0 Å². The number of non-ortho nitro benzene ring substituents is 1. The first-order chi connectivity index (χ1) is 6.15. The van der Waals surface area contributed by atoms with Crippen LogP contribution in [0, 0.1) is 15.9 Å². The average Bonchev–Trinajstić information content (AvgIpc) is 2.08. The van der Waals surface area contributed by atoms with Gasteiger partial charge in [-0.05, 0) is 12.3 Å². The molecule has 1 rings (SSSR count). The van der Waals surface area contributed by atoms with Crippen LogP contribution in [0.3, 0.4) is 0 Å². The van der Waals surface area contributed by atoms with Gasteiger partial charge in [-0.1, -0.05) is 0 Å². The van der Waals surface area contributed by atoms with Crippen LogP contribution in [0.5, 0.6) is 0 Å². The minimum absolute atomic E-state index is 0.0644. The maximum Gasteiger partial charge on any atom is 0.269 e. The molecule has 0 heterocycles. The highest BCUT2D eigenvalue weighted by Gasteiger charge is 2.09. The highest BCUT2D eigenvalue weighted by molar-refractivity contribution is 7.97. The molecule has 0 aliphatic rings. The summed E-state index contributed by atoms with van der Waals surface area (Å²) in [4.78, 5) is 9.82. The molecule has 13 heavy (non-hydrogen) atoms. The van der Waals surface area contributed by atoms with E-state index in [0.29, 0.717) is 11.3 Å². The lowest BCUT2D eigenvalue weighted by atomic mass is 10.2. The normalized spacial score (nSPS) is 10.0. The van der Waals surface area contributed by atoms with Crippen molar-refractivity contribution in [1.82, 2.24) is 0 Å². The molecule has 0 aromatic heterocycles. The molecule has 1 aromatic rings. The predicted molar refractivity (Wildman–Crippen MR) is 50.3 cm³/mol. The van der Waals surface area contributed by atoms with Crippen molar-refractivity contribution in [2.24, 2.45) is 0 Å². The van der Waals surface area contributed by atoms with E-state index >= 15 is 0 Å². The van der Waals surface area contributed by atoms with Gasteiger partial charge in [0.25, 0.3) is 5.69 Å². The van der Waals surface area contributed by atoms with E-state index in [9.17, 15) is 14.5 Å². The second kappa shape index (κ2) is 4.23. The van der Waals surface area contributed by atoms with Gasteiger partial charge in [0, 0.05) is 23.4 Å². The van der Waals surface area contributed by atoms with Crippen molar-refractivity contribution in [3.8, 4) is 0 Å². The van der Waals surface area contributed by atoms with Crippen LogP contribution in [0.2, 0.25) is 0 Å². The summed E-state index contributed by atoms with van der Waals surface area (Å²) in [5, 5.41) is 10.3. The van der Waals surface area contributed by atoms with E-state index in [1.807, 2.05) is 6.26 Å². The SMILES string of the molecule is CSCc1cc([N+](=O)[O-])ccc1F. The third-order valence-corrected chi connectivity index (χ3v) is 2.14. The molecule has 3 nitrogen and oxygen atoms in total. The van der Waals surface area contributed by atoms with Crippen LogP contribution in [0.4, 0.5) is 10.1 Å². The number of thioether (sulfide) groups is 1. The van der Waals surface area contributed by atoms with Crippen LogP contribution < -0.4 is 0 Å². The van der Waals surface area contributed by atoms with Crippen molar-refractivity contribution < 1.29 is 9.31 Å². The number of hydrogen-bond donors (Lipinski definition) is 0. The number of halogens is 1. The summed E-state index contributed by atoms with van der Waals surface area (Å²) in [6, 6.07) is 3.56. The zero-order valence-corrected chi connectivity index (χ0v) is 7.81. The molecule has 0 atom stereocenters. The third-order valence-electron chi connectivity index (χ3n) is 1.54. The first-order valence-corrected chi connectivity index (χ1v) is 4.96. The van der Waals surface area contributed by atoms with E-state index in [1.165, 1.54) is 23.9 Å². The van der Waals surface area contributed by atoms with Crippen molar-refractivity contribution in [3.63, 3.8) is 0 Å². The van der Waals surface area contributed by atoms with Gasteiger partial charge < -0.3 is 0 Å². The van der Waals surface area contributed by atoms with Crippen LogP contribution in [0.15, 0.2) is 18.2 Å². The zero-order valence-electron chi connectivity index (χ0n) is 6.99. The van der Waals surface area contributed by atoms with Gasteiger partial charge in [0.05, 0.1) is 4.92 Å². The fourth-order valence-electron chi connectivity index (χ4n) is 0.941. The van der Waals surface area contributed by atoms with Gasteiger partial charge in [-0.3, -0.25) is 10.1 Å². The standard InChI is InChI=1S/C8H8FNO2S/c1-13-5-6-4-7(10(11)12)2-3-8(6)9/h2-4H,5H2,1H3. The maximum atomic E-state index is 13.0. The Morgan fingerprint density at radius 2 is 2.31 bits per heavy atom. The number of hydrogen-bond acceptors (Lipinski definition) is 3. The van der Waals surface area contributed by atoms with Gasteiger partial charge >= 0.3 is 0 Å². The van der Waals surface area contributed by atoms with Crippen molar-refractivity contribution >= 4 is 17.4 Å². The Bertz CT molecular complexity index is 330. The molecule has 0 spiro atoms. The van der Waals surface area contributed by atoms with Crippen molar-refractivity contribution in [2.45, 2.75) is 5.75 Å². The second-order valence-corrected chi connectivity index (χ2v) is 3.33. The Labute approximate surface area is 79.1 Å². The smallest absolute Gasteiger partial charge is 0.258 e. The van der Waals surface area contributed by atoms with Crippen LogP contribution in [0.1, 0.15) is 5.56 Å². The largest absolute Gasteiger partial charge is 0.269 e. The highest BCUT2D eigenvalue weighted by atomic mass is 32.2. The van der Waals surface area contributed by atoms with E-state index in [2.05, 4.69) is 0 Å². The van der Waals surface area contributed by atoms with E-state index in [-0.39, 0.29) is 11.5 Å². The summed E-state index contributed by atoms with van der Waals surface area (Å²) < 4.78 is 13.0. The Morgan fingerprint density at radius 3 is 2.85 bits per heavy atom. The first kappa shape index (κ1) is 9.98. The molecule has 0 amide bonds. The quantitative estimate of drug-likeness (QED) is 0.557. The second-order valence-electron chi connectivity index (χ2n) is 2.47. The van der Waals surface area contributed by atoms with Crippen LogP contribution in [-0.4, -0.2) is 11.2 Å². The Balaban J connectivity index is 3.03. The summed E-state index contributed by atoms with van der Waals surface area (Å²) >= 11 is 1.43. The fraction of sp³-hybridized carbons (Fsp3) is 0.250. The molecule has 0 fully saturated rings. The molecule has 0 N–H and O–H groups in total. The first-order valence-electron chi connectivity index (χ1n) is 3.57. The molecule has 0 aliphatic heterocycles. The Kier molecular flexibility index (Phi) is 3.25. The number of nitro benzene ring substituents is 1. The molecular weight excluding hydrogens is 193 g/mol. The summed E-state index contributed by atoms with van der Waals surface area (Å²) in [5.74, 6) is 0.0630. The van der Waals surface area contributed by atoms with Gasteiger partial charge in [0.15, 0.2) is 0 Å². The van der Waals surface area contributed by atoms with E-state index in [1.54, 1.807) is 0 Å². The van der Waals surface area contributed by atoms with Gasteiger partial charge in [-0.2, -0.15) is 11.8 Å². The summed E-state index contributed by atoms with van der Waals surface area (Å²) in [6.45, 7) is 0. The summed E-state index contributed by atoms with van der Waals surface area (Å²) in [7, 11) is 0. The van der Waals surface area contributed by atoms with E-state index in [4.69, 9.17) is 0 Å². The molecule has 0 unspecified atom stereocenters. The van der Waals surface area contributed by atoms with E-state index < -0.39 is 4.92 Å². The van der Waals surface area contributed by atoms with Crippen LogP contribution in [0.25, 0.3) is 0 Å². The maximum absolute atomic E-state index is 13.0. The fourth-order valence-corrected chi connectivity index (χ4v) is 1.47. The summed E-state index contributed by atoms with van der Waals surface area (Å²) in [5.41, 5.74) is 0.312. The zero-order chi connectivity index (χ0) is 9.84. The minimum Gasteiger partial charge on any atom is -0.258 e. The Hall–Kier alpha value is -1.10. The lowest BCUT2D eigenvalue weighted by Crippen LogP contribution is -1.92. The molecule has 0 radical (unpaired) electrons. The molecule has 5 heteroatoms. The lowest BCUT2D eigenvalue weighted by molar-refractivity contribution is -0.385. The number of nitro groups is 1. The molecule has 0 saturated carbocycles. The van der Waals surface area contributed by atoms with Crippen LogP contribution in [-0.2, 0) is 5.75 Å². The average molecular weight is 201 g/mol. The van der Waals surface area contributed by atoms with E-state index in [0.717, 1.165) is 6.07 Å². The number of rotatable bonds is 3. The van der Waals surface area contributed by atoms with Crippen molar-refractivity contribution in [1.29, 1.82) is 0 Å². The van der Waals surface area contributed by atoms with Gasteiger partial charge in [-0.25, -0.2) is 4.39 Å². The third kappa shape index (κ3) is 2.42. The molecule has 1 aromatic carbocycles. The minimum atomic E-state index is -0.525. The molecule has 0 saturated heterocycles. The van der Waals surface area contributed by atoms with Gasteiger partial charge in [0.1, 0.15) is 5.82 Å². The number of benzene rings is 1. The van der Waals surface area contributed by atoms with Gasteiger partial charge in [0.2, 0.25) is 0 Å². The van der Waals surface area contributed by atoms with Crippen molar-refractivity contribution in [2.75, 3.05) is 6.26 Å². The molecule has 0 aliphatic carbocycles.